The Kier molecular flexibility index (Phi) is 12.0. The summed E-state index contributed by atoms with van der Waals surface area (Å²) in [7, 11) is -5.18. The maximum atomic E-state index is 10.3. The van der Waals surface area contributed by atoms with Crippen molar-refractivity contribution in [1.29, 1.82) is 0 Å². The predicted molar refractivity (Wildman–Crippen MR) is 228 cm³/mol. The van der Waals surface area contributed by atoms with Crippen molar-refractivity contribution in [3.63, 3.8) is 0 Å². The molecule has 5 nitrogen and oxygen atoms in total. The Morgan fingerprint density at radius 3 is 0.945 bits per heavy atom. The van der Waals surface area contributed by atoms with Gasteiger partial charge in [-0.05, 0) is 45.5 Å². The van der Waals surface area contributed by atoms with E-state index in [4.69, 9.17) is 13.4 Å². The lowest BCUT2D eigenvalue weighted by Gasteiger charge is -2.34. The van der Waals surface area contributed by atoms with E-state index in [2.05, 4.69) is 152 Å². The first-order valence-electron chi connectivity index (χ1n) is 18.7. The summed E-state index contributed by atoms with van der Waals surface area (Å²) < 4.78 is 19.1. The minimum atomic E-state index is -2.83. The van der Waals surface area contributed by atoms with Gasteiger partial charge < -0.3 is 18.8 Å². The van der Waals surface area contributed by atoms with Crippen molar-refractivity contribution in [1.82, 2.24) is 0 Å². The first kappa shape index (κ1) is 40.3. The Balaban J connectivity index is 1.46. The van der Waals surface area contributed by atoms with Gasteiger partial charge in [0.15, 0.2) is 0 Å². The van der Waals surface area contributed by atoms with Crippen molar-refractivity contribution in [2.75, 3.05) is 0 Å². The molecule has 0 bridgehead atoms. The molecule has 55 heavy (non-hydrogen) atoms. The van der Waals surface area contributed by atoms with Gasteiger partial charge in [-0.1, -0.05) is 201 Å². The van der Waals surface area contributed by atoms with Crippen LogP contribution in [0.3, 0.4) is 0 Å². The molecule has 0 fully saturated rings. The van der Waals surface area contributed by atoms with E-state index >= 15 is 0 Å². The second kappa shape index (κ2) is 16.4. The zero-order chi connectivity index (χ0) is 39.4. The van der Waals surface area contributed by atoms with Gasteiger partial charge in [-0.15, -0.1) is 0 Å². The van der Waals surface area contributed by atoms with Gasteiger partial charge in [0.05, 0.1) is 0 Å². The quantitative estimate of drug-likeness (QED) is 0.108. The van der Waals surface area contributed by atoms with Gasteiger partial charge in [-0.3, -0.25) is 0 Å². The van der Waals surface area contributed by atoms with Crippen LogP contribution in [0.15, 0.2) is 158 Å². The topological polar surface area (TPSA) is 68.2 Å². The van der Waals surface area contributed by atoms with E-state index in [1.807, 2.05) is 60.7 Å². The van der Waals surface area contributed by atoms with Crippen LogP contribution in [0, 0.1) is 0 Å². The van der Waals surface area contributed by atoms with Crippen molar-refractivity contribution in [2.24, 2.45) is 0 Å². The molecular weight excluding hydrogens is 718 g/mol. The van der Waals surface area contributed by atoms with Crippen LogP contribution in [-0.4, -0.2) is 9.79 Å². The molecule has 0 saturated carbocycles. The second-order valence-corrected chi connectivity index (χ2v) is 18.1. The molecular formula is C48H52O5P2. The normalized spacial score (nSPS) is 12.6. The van der Waals surface area contributed by atoms with Gasteiger partial charge in [0.2, 0.25) is 0 Å². The standard InChI is InChI=1S/C48H52O5P2/c1-45(2,35-21-13-9-14-22-35)39-29-31-43(41(33-39)47(5,6)37-25-17-11-18-26-37)51-55(53-54(49)50)52-44-32-30-40(46(3,4)36-23-15-10-16-24-36)34-42(44)48(7,8)38-27-19-12-20-28-38/h9-34,49-50H,1-8H3. The Hall–Kier alpha value is -4.34. The minimum Gasteiger partial charge on any atom is -0.417 e. The average molecular weight is 771 g/mol. The van der Waals surface area contributed by atoms with Crippen LogP contribution in [-0.2, 0) is 26.0 Å². The van der Waals surface area contributed by atoms with Gasteiger partial charge >= 0.3 is 17.2 Å². The van der Waals surface area contributed by atoms with Crippen LogP contribution >= 0.6 is 17.2 Å². The smallest absolute Gasteiger partial charge is 0.417 e. The van der Waals surface area contributed by atoms with Crippen LogP contribution in [0.1, 0.15) is 99.9 Å². The third kappa shape index (κ3) is 8.73. The summed E-state index contributed by atoms with van der Waals surface area (Å²) in [5, 5.41) is 0. The molecule has 0 unspecified atom stereocenters. The highest BCUT2D eigenvalue weighted by molar-refractivity contribution is 7.55. The summed E-state index contributed by atoms with van der Waals surface area (Å²) in [6.07, 6.45) is 0. The average Bonchev–Trinajstić information content (AvgIpc) is 3.19. The van der Waals surface area contributed by atoms with Gasteiger partial charge in [0.1, 0.15) is 11.5 Å². The third-order valence-corrected chi connectivity index (χ3v) is 13.0. The largest absolute Gasteiger partial charge is 0.470 e. The first-order chi connectivity index (χ1) is 26.1. The molecule has 0 heterocycles. The molecule has 2 N–H and O–H groups in total. The van der Waals surface area contributed by atoms with Crippen LogP contribution in [0.2, 0.25) is 0 Å². The van der Waals surface area contributed by atoms with E-state index in [9.17, 15) is 9.79 Å². The fraction of sp³-hybridized carbons (Fsp3) is 0.250. The van der Waals surface area contributed by atoms with E-state index in [1.165, 1.54) is 11.1 Å². The van der Waals surface area contributed by atoms with E-state index in [-0.39, 0.29) is 10.8 Å². The number of hydrogen-bond donors (Lipinski definition) is 2. The van der Waals surface area contributed by atoms with Crippen molar-refractivity contribution < 1.29 is 23.1 Å². The van der Waals surface area contributed by atoms with Gasteiger partial charge in [-0.25, -0.2) is 4.31 Å². The Labute approximate surface area is 330 Å². The highest BCUT2D eigenvalue weighted by Crippen LogP contribution is 2.55. The molecule has 6 aromatic carbocycles. The highest BCUT2D eigenvalue weighted by atomic mass is 31.2. The minimum absolute atomic E-state index is 0.309. The molecule has 0 aliphatic heterocycles. The number of benzene rings is 6. The second-order valence-electron chi connectivity index (χ2n) is 16.1. The fourth-order valence-corrected chi connectivity index (χ4v) is 8.73. The monoisotopic (exact) mass is 770 g/mol. The summed E-state index contributed by atoms with van der Waals surface area (Å²) in [4.78, 5) is 20.6. The lowest BCUT2D eigenvalue weighted by atomic mass is 9.73. The zero-order valence-electron chi connectivity index (χ0n) is 33.0. The lowest BCUT2D eigenvalue weighted by Crippen LogP contribution is -2.24. The summed E-state index contributed by atoms with van der Waals surface area (Å²) in [5.74, 6) is 1.07. The van der Waals surface area contributed by atoms with Crippen molar-refractivity contribution in [3.05, 3.63) is 202 Å². The molecule has 0 radical (unpaired) electrons. The summed E-state index contributed by atoms with van der Waals surface area (Å²) in [5.41, 5.74) is 7.05. The van der Waals surface area contributed by atoms with Crippen molar-refractivity contribution >= 4 is 17.2 Å². The lowest BCUT2D eigenvalue weighted by molar-refractivity contribution is 0.329. The first-order valence-corrected chi connectivity index (χ1v) is 20.9. The molecule has 0 aromatic heterocycles. The highest BCUT2D eigenvalue weighted by Gasteiger charge is 2.36. The molecule has 7 heteroatoms. The molecule has 0 aliphatic rings. The van der Waals surface area contributed by atoms with Crippen LogP contribution < -0.4 is 9.05 Å². The molecule has 0 atom stereocenters. The maximum absolute atomic E-state index is 10.3. The zero-order valence-corrected chi connectivity index (χ0v) is 34.8. The third-order valence-electron chi connectivity index (χ3n) is 11.2. The molecule has 6 rings (SSSR count). The van der Waals surface area contributed by atoms with E-state index in [1.54, 1.807) is 0 Å². The fourth-order valence-electron chi connectivity index (χ4n) is 7.31. The van der Waals surface area contributed by atoms with Crippen LogP contribution in [0.5, 0.6) is 11.5 Å². The van der Waals surface area contributed by atoms with E-state index < -0.39 is 28.0 Å². The molecule has 0 amide bonds. The number of hydrogen-bond acceptors (Lipinski definition) is 5. The molecule has 0 saturated heterocycles. The molecule has 6 aromatic rings. The van der Waals surface area contributed by atoms with Crippen LogP contribution in [0.25, 0.3) is 0 Å². The predicted octanol–water partition coefficient (Wildman–Crippen LogP) is 12.9. The maximum Gasteiger partial charge on any atom is 0.470 e. The van der Waals surface area contributed by atoms with E-state index in [0.717, 1.165) is 33.4 Å². The summed E-state index contributed by atoms with van der Waals surface area (Å²) >= 11 is 0. The van der Waals surface area contributed by atoms with Gasteiger partial charge in [0.25, 0.3) is 0 Å². The van der Waals surface area contributed by atoms with Gasteiger partial charge in [-0.2, -0.15) is 0 Å². The Bertz CT molecular complexity index is 2010. The summed E-state index contributed by atoms with van der Waals surface area (Å²) in [6.45, 7) is 17.6. The Morgan fingerprint density at radius 2 is 0.655 bits per heavy atom. The Morgan fingerprint density at radius 1 is 0.364 bits per heavy atom. The molecule has 0 spiro atoms. The van der Waals surface area contributed by atoms with Crippen LogP contribution in [0.4, 0.5) is 0 Å². The van der Waals surface area contributed by atoms with Gasteiger partial charge in [0, 0.05) is 32.8 Å². The van der Waals surface area contributed by atoms with Crippen molar-refractivity contribution in [3.8, 4) is 11.5 Å². The van der Waals surface area contributed by atoms with E-state index in [0.29, 0.717) is 11.5 Å². The van der Waals surface area contributed by atoms with Crippen molar-refractivity contribution in [2.45, 2.75) is 77.0 Å². The number of rotatable bonds is 14. The summed E-state index contributed by atoms with van der Waals surface area (Å²) in [6, 6.07) is 54.1. The SMILES string of the molecule is CC(C)(c1ccccc1)c1ccc(OP(Oc2ccc(C(C)(C)c3ccccc3)cc2C(C)(C)c2ccccc2)OP(O)O)c(C(C)(C)c2ccccc2)c1. The molecule has 284 valence electrons. The molecule has 0 aliphatic carbocycles.